The Hall–Kier alpha value is -2.11. The summed E-state index contributed by atoms with van der Waals surface area (Å²) in [5.41, 5.74) is 0.465. The van der Waals surface area contributed by atoms with E-state index in [1.807, 2.05) is 6.07 Å². The maximum Gasteiger partial charge on any atom is 0.326 e. The average Bonchev–Trinajstić information content (AvgIpc) is 3.05. The molecule has 124 valence electrons. The Balaban J connectivity index is 1.69. The third kappa shape index (κ3) is 3.30. The first kappa shape index (κ1) is 15.8. The molecular weight excluding hydrogens is 294 g/mol. The van der Waals surface area contributed by atoms with Crippen LogP contribution < -0.4 is 4.90 Å². The fourth-order valence-corrected chi connectivity index (χ4v) is 3.37. The molecule has 23 heavy (non-hydrogen) atoms. The number of rotatable bonds is 3. The lowest BCUT2D eigenvalue weighted by atomic mass is 9.99. The second kappa shape index (κ2) is 6.56. The van der Waals surface area contributed by atoms with Gasteiger partial charge in [0, 0.05) is 25.8 Å². The molecule has 0 saturated carbocycles. The highest BCUT2D eigenvalue weighted by atomic mass is 16.4. The number of hydrogen-bond donors (Lipinski definition) is 1. The van der Waals surface area contributed by atoms with E-state index in [0.29, 0.717) is 18.5 Å². The van der Waals surface area contributed by atoms with Crippen molar-refractivity contribution >= 4 is 17.7 Å². The van der Waals surface area contributed by atoms with Crippen LogP contribution in [0.25, 0.3) is 0 Å². The number of aromatic nitrogens is 1. The summed E-state index contributed by atoms with van der Waals surface area (Å²) < 4.78 is 0. The average molecular weight is 317 g/mol. The minimum atomic E-state index is -0.928. The summed E-state index contributed by atoms with van der Waals surface area (Å²) in [5, 5.41) is 9.20. The second-order valence-corrected chi connectivity index (χ2v) is 6.57. The first-order valence-electron chi connectivity index (χ1n) is 8.31. The van der Waals surface area contributed by atoms with Gasteiger partial charge >= 0.3 is 5.97 Å². The van der Waals surface area contributed by atoms with E-state index in [4.69, 9.17) is 0 Å². The van der Waals surface area contributed by atoms with Gasteiger partial charge in [0.05, 0.1) is 5.56 Å². The van der Waals surface area contributed by atoms with Crippen molar-refractivity contribution < 1.29 is 14.7 Å². The van der Waals surface area contributed by atoms with Gasteiger partial charge in [-0.25, -0.2) is 9.78 Å². The summed E-state index contributed by atoms with van der Waals surface area (Å²) in [5.74, 6) is 0.490. The molecule has 0 aliphatic carbocycles. The summed E-state index contributed by atoms with van der Waals surface area (Å²) in [7, 11) is 0. The maximum absolute atomic E-state index is 12.5. The summed E-state index contributed by atoms with van der Waals surface area (Å²) in [4.78, 5) is 31.8. The lowest BCUT2D eigenvalue weighted by Crippen LogP contribution is -2.40. The van der Waals surface area contributed by atoms with Crippen molar-refractivity contribution in [3.05, 3.63) is 23.9 Å². The van der Waals surface area contributed by atoms with Gasteiger partial charge in [-0.3, -0.25) is 4.79 Å². The van der Waals surface area contributed by atoms with Crippen molar-refractivity contribution in [2.75, 3.05) is 24.5 Å². The molecule has 2 saturated heterocycles. The number of carboxylic acids is 1. The fourth-order valence-electron chi connectivity index (χ4n) is 3.37. The molecule has 2 aliphatic heterocycles. The number of carboxylic acid groups (broad SMARTS) is 1. The number of nitrogens with zero attached hydrogens (tertiary/aromatic N) is 3. The minimum absolute atomic E-state index is 0.235. The molecule has 6 heteroatoms. The lowest BCUT2D eigenvalue weighted by Gasteiger charge is -2.31. The van der Waals surface area contributed by atoms with E-state index < -0.39 is 12.0 Å². The molecular formula is C17H23N3O3. The molecule has 1 amide bonds. The quantitative estimate of drug-likeness (QED) is 0.923. The van der Waals surface area contributed by atoms with Crippen LogP contribution in [0.1, 0.15) is 43.0 Å². The van der Waals surface area contributed by atoms with E-state index in [1.54, 1.807) is 12.3 Å². The number of carbonyl (C=O) groups is 2. The molecule has 0 unspecified atom stereocenters. The largest absolute Gasteiger partial charge is 0.480 e. The molecule has 1 aromatic heterocycles. The Bertz CT molecular complexity index is 579. The van der Waals surface area contributed by atoms with Crippen LogP contribution in [-0.2, 0) is 4.79 Å². The number of hydrogen-bond acceptors (Lipinski definition) is 4. The van der Waals surface area contributed by atoms with Gasteiger partial charge in [0.2, 0.25) is 0 Å². The third-order valence-electron chi connectivity index (χ3n) is 4.90. The van der Waals surface area contributed by atoms with Crippen LogP contribution in [-0.4, -0.2) is 52.5 Å². The molecule has 2 aliphatic rings. The van der Waals surface area contributed by atoms with Crippen molar-refractivity contribution in [1.29, 1.82) is 0 Å². The van der Waals surface area contributed by atoms with Crippen LogP contribution in [0.2, 0.25) is 0 Å². The highest BCUT2D eigenvalue weighted by Gasteiger charge is 2.34. The highest BCUT2D eigenvalue weighted by Crippen LogP contribution is 2.23. The first-order chi connectivity index (χ1) is 11.1. The van der Waals surface area contributed by atoms with Gasteiger partial charge in [-0.1, -0.05) is 6.92 Å². The lowest BCUT2D eigenvalue weighted by molar-refractivity contribution is -0.141. The molecule has 1 N–H and O–H groups in total. The minimum Gasteiger partial charge on any atom is -0.480 e. The number of piperidine rings is 1. The number of anilines is 1. The van der Waals surface area contributed by atoms with Gasteiger partial charge in [0.25, 0.3) is 5.91 Å². The first-order valence-corrected chi connectivity index (χ1v) is 8.31. The summed E-state index contributed by atoms with van der Waals surface area (Å²) in [6, 6.07) is 2.93. The molecule has 2 fully saturated rings. The van der Waals surface area contributed by atoms with Gasteiger partial charge in [0.15, 0.2) is 0 Å². The Morgan fingerprint density at radius 3 is 2.52 bits per heavy atom. The summed E-state index contributed by atoms with van der Waals surface area (Å²) in [6.45, 7) is 4.76. The van der Waals surface area contributed by atoms with Crippen molar-refractivity contribution in [3.63, 3.8) is 0 Å². The molecule has 0 bridgehead atoms. The molecule has 0 aromatic carbocycles. The third-order valence-corrected chi connectivity index (χ3v) is 4.90. The normalized spacial score (nSPS) is 22.4. The van der Waals surface area contributed by atoms with E-state index in [1.165, 1.54) is 4.90 Å². The SMILES string of the molecule is CC1CCN(c2ccc(C(=O)N3CCC[C@@H]3C(=O)O)cn2)CC1. The topological polar surface area (TPSA) is 73.7 Å². The number of aliphatic carboxylic acids is 1. The van der Waals surface area contributed by atoms with Gasteiger partial charge in [-0.05, 0) is 43.7 Å². The second-order valence-electron chi connectivity index (χ2n) is 6.57. The van der Waals surface area contributed by atoms with E-state index in [0.717, 1.165) is 44.1 Å². The van der Waals surface area contributed by atoms with Gasteiger partial charge in [0.1, 0.15) is 11.9 Å². The van der Waals surface area contributed by atoms with E-state index >= 15 is 0 Å². The van der Waals surface area contributed by atoms with Crippen LogP contribution in [0.15, 0.2) is 18.3 Å². The van der Waals surface area contributed by atoms with E-state index in [9.17, 15) is 14.7 Å². The van der Waals surface area contributed by atoms with Crippen LogP contribution in [0.5, 0.6) is 0 Å². The summed E-state index contributed by atoms with van der Waals surface area (Å²) in [6.07, 6.45) is 5.17. The van der Waals surface area contributed by atoms with Crippen molar-refractivity contribution in [3.8, 4) is 0 Å². The maximum atomic E-state index is 12.5. The molecule has 0 spiro atoms. The monoisotopic (exact) mass is 317 g/mol. The van der Waals surface area contributed by atoms with E-state index in [-0.39, 0.29) is 5.91 Å². The zero-order chi connectivity index (χ0) is 16.4. The predicted octanol–water partition coefficient (Wildman–Crippen LogP) is 2.01. The van der Waals surface area contributed by atoms with Gasteiger partial charge in [-0.2, -0.15) is 0 Å². The van der Waals surface area contributed by atoms with Crippen LogP contribution in [0, 0.1) is 5.92 Å². The molecule has 3 rings (SSSR count). The predicted molar refractivity (Wildman–Crippen MR) is 86.5 cm³/mol. The van der Waals surface area contributed by atoms with Gasteiger partial charge in [-0.15, -0.1) is 0 Å². The molecule has 0 radical (unpaired) electrons. The van der Waals surface area contributed by atoms with Crippen molar-refractivity contribution in [1.82, 2.24) is 9.88 Å². The standard InChI is InChI=1S/C17H23N3O3/c1-12-6-9-19(10-7-12)15-5-4-13(11-18-15)16(21)20-8-2-3-14(20)17(22)23/h4-5,11-12,14H,2-3,6-10H2,1H3,(H,22,23)/t14-/m1/s1. The zero-order valence-electron chi connectivity index (χ0n) is 13.4. The number of carbonyl (C=O) groups excluding carboxylic acids is 1. The van der Waals surface area contributed by atoms with Crippen molar-refractivity contribution in [2.45, 2.75) is 38.6 Å². The van der Waals surface area contributed by atoms with Crippen LogP contribution >= 0.6 is 0 Å². The molecule has 3 heterocycles. The van der Waals surface area contributed by atoms with Gasteiger partial charge < -0.3 is 14.9 Å². The smallest absolute Gasteiger partial charge is 0.326 e. The van der Waals surface area contributed by atoms with E-state index in [2.05, 4.69) is 16.8 Å². The number of likely N-dealkylation sites (tertiary alicyclic amines) is 1. The Morgan fingerprint density at radius 1 is 1.17 bits per heavy atom. The number of pyridine rings is 1. The summed E-state index contributed by atoms with van der Waals surface area (Å²) >= 11 is 0. The number of amides is 1. The molecule has 1 aromatic rings. The molecule has 1 atom stereocenters. The van der Waals surface area contributed by atoms with Crippen LogP contribution in [0.4, 0.5) is 5.82 Å². The van der Waals surface area contributed by atoms with Crippen molar-refractivity contribution in [2.24, 2.45) is 5.92 Å². The Kier molecular flexibility index (Phi) is 4.50. The Labute approximate surface area is 136 Å². The Morgan fingerprint density at radius 2 is 1.91 bits per heavy atom. The highest BCUT2D eigenvalue weighted by molar-refractivity contribution is 5.96. The fraction of sp³-hybridized carbons (Fsp3) is 0.588. The molecule has 6 nitrogen and oxygen atoms in total. The van der Waals surface area contributed by atoms with Crippen LogP contribution in [0.3, 0.4) is 0 Å². The zero-order valence-corrected chi connectivity index (χ0v) is 13.4.